The van der Waals surface area contributed by atoms with Crippen LogP contribution in [0.15, 0.2) is 41.7 Å². The van der Waals surface area contributed by atoms with Crippen LogP contribution in [-0.2, 0) is 17.6 Å². The number of carbonyl (C=O) groups excluding carboxylic acids is 1. The molecule has 0 unspecified atom stereocenters. The third-order valence-electron chi connectivity index (χ3n) is 5.82. The summed E-state index contributed by atoms with van der Waals surface area (Å²) in [4.78, 5) is 23.9. The molecule has 32 heavy (non-hydrogen) atoms. The van der Waals surface area contributed by atoms with Crippen molar-refractivity contribution in [2.24, 2.45) is 0 Å². The Hall–Kier alpha value is -2.48. The molecule has 0 aromatic carbocycles. The summed E-state index contributed by atoms with van der Waals surface area (Å²) in [5.74, 6) is 0.172. The molecule has 1 aliphatic rings. The van der Waals surface area contributed by atoms with Gasteiger partial charge in [-0.1, -0.05) is 34.7 Å². The van der Waals surface area contributed by atoms with Crippen LogP contribution in [0.5, 0.6) is 0 Å². The van der Waals surface area contributed by atoms with Crippen LogP contribution < -0.4 is 10.6 Å². The first-order valence-corrected chi connectivity index (χ1v) is 11.8. The largest absolute Gasteiger partial charge is 0.379 e. The molecule has 1 saturated heterocycles. The van der Waals surface area contributed by atoms with Crippen LogP contribution in [0.1, 0.15) is 35.1 Å². The number of ketones is 1. The monoisotopic (exact) mass is 496 g/mol. The Morgan fingerprint density at radius 3 is 2.84 bits per heavy atom. The van der Waals surface area contributed by atoms with E-state index in [1.54, 1.807) is 0 Å². The Morgan fingerprint density at radius 2 is 2.12 bits per heavy atom. The lowest BCUT2D eigenvalue weighted by Crippen LogP contribution is -2.38. The Bertz CT molecular complexity index is 1200. The van der Waals surface area contributed by atoms with Gasteiger partial charge in [0.1, 0.15) is 5.65 Å². The van der Waals surface area contributed by atoms with Crippen LogP contribution in [0.3, 0.4) is 0 Å². The number of nitrogens with zero attached hydrogens (tertiary/aromatic N) is 3. The molecule has 4 rings (SSSR count). The number of fused-ring (bicyclic) bond motifs is 1. The van der Waals surface area contributed by atoms with Gasteiger partial charge in [0, 0.05) is 64.8 Å². The first-order valence-electron chi connectivity index (χ1n) is 11.0. The van der Waals surface area contributed by atoms with E-state index in [0.717, 1.165) is 76.9 Å². The second-order valence-electron chi connectivity index (χ2n) is 8.01. The average Bonchev–Trinajstić information content (AvgIpc) is 3.36. The number of Topliss-reactive ketones (excluding diaryl/α,β-unsaturated/α-hetero) is 1. The molecule has 0 atom stereocenters. The van der Waals surface area contributed by atoms with Gasteiger partial charge in [-0.2, -0.15) is 0 Å². The fraction of sp³-hybridized carbons (Fsp3) is 0.360. The van der Waals surface area contributed by atoms with Gasteiger partial charge in [0.2, 0.25) is 0 Å². The SMILES string of the molecule is C=C(Br)/C=c1/[nH]c(CCc2cn3ccccc3n2)c(C(=O)CCN2CCOCC2)/c1=C/C. The molecule has 0 amide bonds. The molecule has 1 N–H and O–H groups in total. The lowest BCUT2D eigenvalue weighted by atomic mass is 10.0. The van der Waals surface area contributed by atoms with Crippen LogP contribution in [0.4, 0.5) is 0 Å². The lowest BCUT2D eigenvalue weighted by molar-refractivity contribution is 0.0370. The first kappa shape index (κ1) is 22.7. The van der Waals surface area contributed by atoms with Gasteiger partial charge in [-0.3, -0.25) is 9.69 Å². The zero-order valence-corrected chi connectivity index (χ0v) is 20.0. The predicted octanol–water partition coefficient (Wildman–Crippen LogP) is 2.84. The number of rotatable bonds is 8. The standard InChI is InChI=1S/C25H29BrN4O2/c1-3-20-22(16-18(2)26)28-21(8-7-19-17-30-10-5-4-6-24(30)27-19)25(20)23(31)9-11-29-12-14-32-15-13-29/h3-6,10,16-17,28H,2,7-9,11-15H2,1H3/b20-3+,22-16+. The average molecular weight is 497 g/mol. The number of pyridine rings is 1. The Kier molecular flexibility index (Phi) is 7.40. The van der Waals surface area contributed by atoms with Gasteiger partial charge in [-0.15, -0.1) is 0 Å². The van der Waals surface area contributed by atoms with Gasteiger partial charge in [0.25, 0.3) is 0 Å². The highest BCUT2D eigenvalue weighted by atomic mass is 79.9. The van der Waals surface area contributed by atoms with E-state index in [0.29, 0.717) is 12.8 Å². The maximum absolute atomic E-state index is 13.4. The minimum Gasteiger partial charge on any atom is -0.379 e. The predicted molar refractivity (Wildman–Crippen MR) is 132 cm³/mol. The summed E-state index contributed by atoms with van der Waals surface area (Å²) in [5, 5.41) is 1.86. The fourth-order valence-electron chi connectivity index (χ4n) is 4.24. The van der Waals surface area contributed by atoms with Gasteiger partial charge >= 0.3 is 0 Å². The highest BCUT2D eigenvalue weighted by molar-refractivity contribution is 9.12. The van der Waals surface area contributed by atoms with Gasteiger partial charge in [-0.25, -0.2) is 4.98 Å². The Balaban J connectivity index is 1.60. The van der Waals surface area contributed by atoms with Crippen LogP contribution >= 0.6 is 15.9 Å². The maximum atomic E-state index is 13.4. The Labute approximate surface area is 196 Å². The molecule has 0 bridgehead atoms. The topological polar surface area (TPSA) is 62.6 Å². The Morgan fingerprint density at radius 1 is 1.31 bits per heavy atom. The molecule has 4 heterocycles. The summed E-state index contributed by atoms with van der Waals surface area (Å²) in [6, 6.07) is 5.98. The van der Waals surface area contributed by atoms with Crippen LogP contribution in [0.25, 0.3) is 17.8 Å². The second kappa shape index (κ2) is 10.4. The molecule has 7 heteroatoms. The maximum Gasteiger partial charge on any atom is 0.166 e. The minimum atomic E-state index is 0.172. The van der Waals surface area contributed by atoms with Crippen molar-refractivity contribution in [3.63, 3.8) is 0 Å². The number of allylic oxidation sites excluding steroid dienone is 1. The fourth-order valence-corrected chi connectivity index (χ4v) is 4.46. The molecule has 0 aliphatic carbocycles. The van der Waals surface area contributed by atoms with E-state index < -0.39 is 0 Å². The van der Waals surface area contributed by atoms with Crippen molar-refractivity contribution in [3.8, 4) is 0 Å². The number of morpholine rings is 1. The highest BCUT2D eigenvalue weighted by Crippen LogP contribution is 2.12. The summed E-state index contributed by atoms with van der Waals surface area (Å²) in [6.07, 6.45) is 9.96. The molecule has 168 valence electrons. The number of hydrogen-bond acceptors (Lipinski definition) is 4. The van der Waals surface area contributed by atoms with E-state index in [1.807, 2.05) is 47.9 Å². The number of H-pyrrole nitrogens is 1. The van der Waals surface area contributed by atoms with Crippen molar-refractivity contribution < 1.29 is 9.53 Å². The number of aromatic nitrogens is 3. The smallest absolute Gasteiger partial charge is 0.166 e. The summed E-state index contributed by atoms with van der Waals surface area (Å²) >= 11 is 3.42. The quantitative estimate of drug-likeness (QED) is 0.487. The molecular formula is C25H29BrN4O2. The number of nitrogens with one attached hydrogen (secondary N) is 1. The number of hydrogen-bond donors (Lipinski definition) is 1. The number of aryl methyl sites for hydroxylation is 2. The van der Waals surface area contributed by atoms with Crippen molar-refractivity contribution in [3.05, 3.63) is 69.2 Å². The molecule has 0 spiro atoms. The van der Waals surface area contributed by atoms with Gasteiger partial charge in [0.15, 0.2) is 5.78 Å². The number of halogens is 1. The minimum absolute atomic E-state index is 0.172. The second-order valence-corrected chi connectivity index (χ2v) is 9.03. The summed E-state index contributed by atoms with van der Waals surface area (Å²) in [6.45, 7) is 9.92. The molecule has 1 fully saturated rings. The molecule has 1 aliphatic heterocycles. The third kappa shape index (κ3) is 5.28. The van der Waals surface area contributed by atoms with Gasteiger partial charge in [-0.05, 0) is 38.0 Å². The first-order chi connectivity index (χ1) is 15.5. The van der Waals surface area contributed by atoms with Crippen molar-refractivity contribution in [2.75, 3.05) is 32.8 Å². The van der Waals surface area contributed by atoms with E-state index in [4.69, 9.17) is 9.72 Å². The number of imidazole rings is 1. The van der Waals surface area contributed by atoms with Crippen LogP contribution in [0.2, 0.25) is 0 Å². The zero-order valence-electron chi connectivity index (χ0n) is 18.4. The number of ether oxygens (including phenoxy) is 1. The summed E-state index contributed by atoms with van der Waals surface area (Å²) in [7, 11) is 0. The van der Waals surface area contributed by atoms with Crippen molar-refractivity contribution in [1.29, 1.82) is 0 Å². The summed E-state index contributed by atoms with van der Waals surface area (Å²) in [5.41, 5.74) is 3.70. The van der Waals surface area contributed by atoms with Gasteiger partial charge < -0.3 is 14.1 Å². The van der Waals surface area contributed by atoms with Crippen LogP contribution in [0, 0.1) is 0 Å². The molecule has 6 nitrogen and oxygen atoms in total. The number of aromatic amines is 1. The van der Waals surface area contributed by atoms with E-state index in [9.17, 15) is 4.79 Å². The van der Waals surface area contributed by atoms with E-state index in [-0.39, 0.29) is 5.78 Å². The van der Waals surface area contributed by atoms with Crippen LogP contribution in [-0.4, -0.2) is 57.9 Å². The van der Waals surface area contributed by atoms with Crippen molar-refractivity contribution in [1.82, 2.24) is 19.3 Å². The zero-order chi connectivity index (χ0) is 22.5. The van der Waals surface area contributed by atoms with E-state index in [2.05, 4.69) is 38.6 Å². The van der Waals surface area contributed by atoms with Crippen molar-refractivity contribution in [2.45, 2.75) is 26.2 Å². The normalized spacial score (nSPS) is 16.2. The van der Waals surface area contributed by atoms with E-state index in [1.165, 1.54) is 0 Å². The molecule has 0 saturated carbocycles. The molecule has 0 radical (unpaired) electrons. The summed E-state index contributed by atoms with van der Waals surface area (Å²) < 4.78 is 8.21. The number of carbonyl (C=O) groups is 1. The lowest BCUT2D eigenvalue weighted by Gasteiger charge is -2.26. The molecular weight excluding hydrogens is 468 g/mol. The van der Waals surface area contributed by atoms with Crippen molar-refractivity contribution >= 4 is 39.5 Å². The molecule has 3 aromatic rings. The molecule has 3 aromatic heterocycles. The van der Waals surface area contributed by atoms with E-state index >= 15 is 0 Å². The third-order valence-corrected chi connectivity index (χ3v) is 6.05. The highest BCUT2D eigenvalue weighted by Gasteiger charge is 2.19. The van der Waals surface area contributed by atoms with Gasteiger partial charge in [0.05, 0.1) is 18.9 Å².